The molecule has 0 unspecified atom stereocenters. The SMILES string of the molecule is CNC(=O)CCCCC[C@H](NC(=O)c1cncs1)c1ncc(-c2ccc(-c3ncccn3)cc2)[nH]1. The predicted octanol–water partition coefficient (Wildman–Crippen LogP) is 4.16. The van der Waals surface area contributed by atoms with Crippen molar-refractivity contribution in [2.75, 3.05) is 7.05 Å². The number of amides is 2. The van der Waals surface area contributed by atoms with Crippen molar-refractivity contribution in [3.05, 3.63) is 71.3 Å². The molecule has 3 aromatic heterocycles. The van der Waals surface area contributed by atoms with E-state index in [9.17, 15) is 9.59 Å². The van der Waals surface area contributed by atoms with Gasteiger partial charge in [0, 0.05) is 31.4 Å². The lowest BCUT2D eigenvalue weighted by Crippen LogP contribution is -2.28. The number of hydrogen-bond donors (Lipinski definition) is 3. The minimum Gasteiger partial charge on any atom is -0.359 e. The summed E-state index contributed by atoms with van der Waals surface area (Å²) < 4.78 is 0. The Morgan fingerprint density at radius 2 is 1.77 bits per heavy atom. The van der Waals surface area contributed by atoms with Gasteiger partial charge in [0.2, 0.25) is 5.91 Å². The average molecular weight is 490 g/mol. The normalized spacial score (nSPS) is 11.7. The number of nitrogens with zero attached hydrogens (tertiary/aromatic N) is 4. The third-order valence-electron chi connectivity index (χ3n) is 5.58. The molecule has 1 aromatic carbocycles. The molecule has 35 heavy (non-hydrogen) atoms. The van der Waals surface area contributed by atoms with Crippen LogP contribution in [0.3, 0.4) is 0 Å². The number of carbonyl (C=O) groups excluding carboxylic acids is 2. The first kappa shape index (κ1) is 24.2. The molecule has 0 aliphatic heterocycles. The summed E-state index contributed by atoms with van der Waals surface area (Å²) in [6.45, 7) is 0. The molecule has 0 aliphatic carbocycles. The van der Waals surface area contributed by atoms with E-state index in [2.05, 4.69) is 35.6 Å². The first-order valence-electron chi connectivity index (χ1n) is 11.5. The van der Waals surface area contributed by atoms with Gasteiger partial charge in [-0.05, 0) is 24.5 Å². The van der Waals surface area contributed by atoms with Crippen molar-refractivity contribution in [2.24, 2.45) is 0 Å². The van der Waals surface area contributed by atoms with Crippen LogP contribution in [0.5, 0.6) is 0 Å². The van der Waals surface area contributed by atoms with Crippen molar-refractivity contribution in [2.45, 2.75) is 38.1 Å². The van der Waals surface area contributed by atoms with Gasteiger partial charge in [-0.1, -0.05) is 37.1 Å². The number of nitrogens with one attached hydrogen (secondary N) is 3. The highest BCUT2D eigenvalue weighted by Gasteiger charge is 2.20. The van der Waals surface area contributed by atoms with E-state index >= 15 is 0 Å². The first-order chi connectivity index (χ1) is 17.1. The van der Waals surface area contributed by atoms with E-state index in [0.717, 1.165) is 36.1 Å². The van der Waals surface area contributed by atoms with Gasteiger partial charge >= 0.3 is 0 Å². The van der Waals surface area contributed by atoms with E-state index in [1.54, 1.807) is 43.4 Å². The Balaban J connectivity index is 1.45. The zero-order valence-corrected chi connectivity index (χ0v) is 20.2. The van der Waals surface area contributed by atoms with Gasteiger partial charge in [0.05, 0.1) is 29.6 Å². The molecule has 3 N–H and O–H groups in total. The number of benzene rings is 1. The van der Waals surface area contributed by atoms with Crippen LogP contribution >= 0.6 is 11.3 Å². The van der Waals surface area contributed by atoms with Crippen molar-refractivity contribution >= 4 is 23.2 Å². The van der Waals surface area contributed by atoms with Crippen molar-refractivity contribution in [1.29, 1.82) is 0 Å². The second-order valence-electron chi connectivity index (χ2n) is 8.00. The third kappa shape index (κ3) is 6.57. The van der Waals surface area contributed by atoms with E-state index in [1.807, 2.05) is 24.3 Å². The van der Waals surface area contributed by atoms with Gasteiger partial charge in [-0.2, -0.15) is 0 Å². The predicted molar refractivity (Wildman–Crippen MR) is 135 cm³/mol. The summed E-state index contributed by atoms with van der Waals surface area (Å²) in [7, 11) is 1.64. The fourth-order valence-electron chi connectivity index (χ4n) is 3.68. The Morgan fingerprint density at radius 1 is 1.00 bits per heavy atom. The second kappa shape index (κ2) is 12.0. The molecule has 0 fully saturated rings. The van der Waals surface area contributed by atoms with E-state index in [-0.39, 0.29) is 17.9 Å². The smallest absolute Gasteiger partial charge is 0.263 e. The van der Waals surface area contributed by atoms with Crippen LogP contribution in [0.25, 0.3) is 22.6 Å². The molecule has 4 rings (SSSR count). The Labute approximate surface area is 207 Å². The highest BCUT2D eigenvalue weighted by molar-refractivity contribution is 7.11. The van der Waals surface area contributed by atoms with Gasteiger partial charge in [-0.3, -0.25) is 14.6 Å². The van der Waals surface area contributed by atoms with Crippen LogP contribution < -0.4 is 10.6 Å². The maximum atomic E-state index is 12.7. The summed E-state index contributed by atoms with van der Waals surface area (Å²) in [6, 6.07) is 9.44. The Kier molecular flexibility index (Phi) is 8.29. The third-order valence-corrected chi connectivity index (χ3v) is 6.35. The van der Waals surface area contributed by atoms with Crippen molar-refractivity contribution < 1.29 is 9.59 Å². The molecule has 9 nitrogen and oxygen atoms in total. The zero-order valence-electron chi connectivity index (χ0n) is 19.4. The number of hydrogen-bond acceptors (Lipinski definition) is 7. The first-order valence-corrected chi connectivity index (χ1v) is 12.3. The highest BCUT2D eigenvalue weighted by atomic mass is 32.1. The number of rotatable bonds is 11. The van der Waals surface area contributed by atoms with Gasteiger partial charge in [-0.15, -0.1) is 11.3 Å². The van der Waals surface area contributed by atoms with Gasteiger partial charge in [0.1, 0.15) is 10.7 Å². The van der Waals surface area contributed by atoms with Crippen molar-refractivity contribution in [3.63, 3.8) is 0 Å². The minimum absolute atomic E-state index is 0.0422. The van der Waals surface area contributed by atoms with Crippen molar-refractivity contribution in [3.8, 4) is 22.6 Å². The number of imidazole rings is 1. The molecule has 180 valence electrons. The Hall–Kier alpha value is -3.92. The molecule has 0 saturated heterocycles. The van der Waals surface area contributed by atoms with Crippen molar-refractivity contribution in [1.82, 2.24) is 35.6 Å². The molecule has 0 aliphatic rings. The largest absolute Gasteiger partial charge is 0.359 e. The molecule has 3 heterocycles. The fourth-order valence-corrected chi connectivity index (χ4v) is 4.20. The summed E-state index contributed by atoms with van der Waals surface area (Å²) in [5, 5.41) is 5.72. The number of aromatic nitrogens is 5. The standard InChI is InChI=1S/C25H27N7O2S/c1-26-22(33)7-4-2-3-6-19(32-25(34)21-15-27-16-35-21)24-30-14-20(31-24)17-8-10-18(11-9-17)23-28-12-5-13-29-23/h5,8-16,19H,2-4,6-7H2,1H3,(H,26,33)(H,30,31)(H,32,34)/t19-/m0/s1. The zero-order chi connectivity index (χ0) is 24.5. The van der Waals surface area contributed by atoms with E-state index in [0.29, 0.717) is 29.4 Å². The summed E-state index contributed by atoms with van der Waals surface area (Å²) in [6.07, 6.45) is 10.5. The molecular weight excluding hydrogens is 462 g/mol. The maximum absolute atomic E-state index is 12.7. The van der Waals surface area contributed by atoms with Gasteiger partial charge in [0.25, 0.3) is 5.91 Å². The monoisotopic (exact) mass is 489 g/mol. The fraction of sp³-hybridized carbons (Fsp3) is 0.280. The number of H-pyrrole nitrogens is 1. The topological polar surface area (TPSA) is 126 Å². The van der Waals surface area contributed by atoms with Crippen LogP contribution in [-0.2, 0) is 4.79 Å². The molecule has 4 aromatic rings. The lowest BCUT2D eigenvalue weighted by atomic mass is 10.1. The number of aromatic amines is 1. The van der Waals surface area contributed by atoms with Gasteiger partial charge < -0.3 is 15.6 Å². The molecule has 1 atom stereocenters. The lowest BCUT2D eigenvalue weighted by molar-refractivity contribution is -0.120. The summed E-state index contributed by atoms with van der Waals surface area (Å²) in [5.74, 6) is 1.24. The van der Waals surface area contributed by atoms with Crippen LogP contribution in [0.15, 0.2) is 60.6 Å². The number of carbonyl (C=O) groups is 2. The second-order valence-corrected chi connectivity index (χ2v) is 8.88. The molecule has 10 heteroatoms. The quantitative estimate of drug-likeness (QED) is 0.272. The lowest BCUT2D eigenvalue weighted by Gasteiger charge is -2.16. The molecule has 0 bridgehead atoms. The summed E-state index contributed by atoms with van der Waals surface area (Å²) in [5.41, 5.74) is 4.40. The van der Waals surface area contributed by atoms with E-state index < -0.39 is 0 Å². The molecular formula is C25H27N7O2S. The number of unbranched alkanes of at least 4 members (excludes halogenated alkanes) is 2. The Morgan fingerprint density at radius 3 is 2.49 bits per heavy atom. The minimum atomic E-state index is -0.282. The van der Waals surface area contributed by atoms with Crippen LogP contribution in [0, 0.1) is 0 Å². The summed E-state index contributed by atoms with van der Waals surface area (Å²) in [4.78, 5) is 45.2. The number of thiazole rings is 1. The molecule has 0 radical (unpaired) electrons. The van der Waals surface area contributed by atoms with E-state index in [4.69, 9.17) is 0 Å². The summed E-state index contributed by atoms with van der Waals surface area (Å²) >= 11 is 1.30. The van der Waals surface area contributed by atoms with E-state index in [1.165, 1.54) is 11.3 Å². The highest BCUT2D eigenvalue weighted by Crippen LogP contribution is 2.25. The Bertz CT molecular complexity index is 1220. The van der Waals surface area contributed by atoms with Crippen LogP contribution in [-0.4, -0.2) is 43.8 Å². The van der Waals surface area contributed by atoms with Crippen LogP contribution in [0.2, 0.25) is 0 Å². The average Bonchev–Trinajstić information content (AvgIpc) is 3.61. The maximum Gasteiger partial charge on any atom is 0.263 e. The van der Waals surface area contributed by atoms with Crippen LogP contribution in [0.4, 0.5) is 0 Å². The van der Waals surface area contributed by atoms with Gasteiger partial charge in [-0.25, -0.2) is 15.0 Å². The van der Waals surface area contributed by atoms with Gasteiger partial charge in [0.15, 0.2) is 5.82 Å². The molecule has 0 saturated carbocycles. The molecule has 2 amide bonds. The van der Waals surface area contributed by atoms with Crippen LogP contribution in [0.1, 0.15) is 53.6 Å². The molecule has 0 spiro atoms.